The fraction of sp³-hybridized carbons (Fsp3) is 0.188. The van der Waals surface area contributed by atoms with Crippen LogP contribution in [0.5, 0.6) is 0 Å². The van der Waals surface area contributed by atoms with Crippen LogP contribution in [0, 0.1) is 32.4 Å². The van der Waals surface area contributed by atoms with Gasteiger partial charge in [-0.1, -0.05) is 11.6 Å². The molecule has 0 N–H and O–H groups in total. The summed E-state index contributed by atoms with van der Waals surface area (Å²) in [5.41, 5.74) is 1.87. The standard InChI is InChI=1S/C16H13ClF2O/c1-8-6-13(17)9(2)4-11(8)16(20)12-5-10(3)14(18)7-15(12)19/h4-7H,1-3H3. The Labute approximate surface area is 121 Å². The molecule has 0 aliphatic rings. The summed E-state index contributed by atoms with van der Waals surface area (Å²) in [5.74, 6) is -1.99. The largest absolute Gasteiger partial charge is 0.288 e. The number of hydrogen-bond acceptors (Lipinski definition) is 1. The molecule has 0 saturated heterocycles. The first-order valence-corrected chi connectivity index (χ1v) is 6.46. The third-order valence-corrected chi connectivity index (χ3v) is 3.65. The van der Waals surface area contributed by atoms with E-state index in [2.05, 4.69) is 0 Å². The topological polar surface area (TPSA) is 17.1 Å². The molecule has 0 aromatic heterocycles. The Morgan fingerprint density at radius 1 is 0.850 bits per heavy atom. The minimum absolute atomic E-state index is 0.131. The highest BCUT2D eigenvalue weighted by molar-refractivity contribution is 6.31. The summed E-state index contributed by atoms with van der Waals surface area (Å²) < 4.78 is 27.0. The average Bonchev–Trinajstić information content (AvgIpc) is 2.37. The lowest BCUT2D eigenvalue weighted by Gasteiger charge is -2.10. The number of rotatable bonds is 2. The van der Waals surface area contributed by atoms with Gasteiger partial charge in [-0.3, -0.25) is 4.79 Å². The SMILES string of the molecule is Cc1cc(C(=O)c2cc(C)c(Cl)cc2C)c(F)cc1F. The molecule has 2 rings (SSSR count). The fourth-order valence-corrected chi connectivity index (χ4v) is 2.22. The predicted molar refractivity (Wildman–Crippen MR) is 75.5 cm³/mol. The van der Waals surface area contributed by atoms with Crippen LogP contribution < -0.4 is 0 Å². The number of halogens is 3. The van der Waals surface area contributed by atoms with Crippen LogP contribution in [0.4, 0.5) is 8.78 Å². The minimum atomic E-state index is -0.856. The van der Waals surface area contributed by atoms with Gasteiger partial charge in [0.1, 0.15) is 11.6 Å². The van der Waals surface area contributed by atoms with Crippen molar-refractivity contribution >= 4 is 17.4 Å². The van der Waals surface area contributed by atoms with E-state index in [1.807, 2.05) is 0 Å². The zero-order valence-electron chi connectivity index (χ0n) is 11.4. The van der Waals surface area contributed by atoms with E-state index in [4.69, 9.17) is 11.6 Å². The van der Waals surface area contributed by atoms with Crippen molar-refractivity contribution in [2.24, 2.45) is 0 Å². The Morgan fingerprint density at radius 2 is 1.45 bits per heavy atom. The van der Waals surface area contributed by atoms with Gasteiger partial charge < -0.3 is 0 Å². The van der Waals surface area contributed by atoms with Crippen LogP contribution in [-0.2, 0) is 0 Å². The van der Waals surface area contributed by atoms with Gasteiger partial charge in [0.25, 0.3) is 0 Å². The molecule has 0 saturated carbocycles. The van der Waals surface area contributed by atoms with Crippen LogP contribution in [0.15, 0.2) is 24.3 Å². The van der Waals surface area contributed by atoms with Gasteiger partial charge in [-0.05, 0) is 55.7 Å². The molecule has 104 valence electrons. The van der Waals surface area contributed by atoms with Crippen LogP contribution in [-0.4, -0.2) is 5.78 Å². The molecule has 0 unspecified atom stereocenters. The maximum absolute atomic E-state index is 13.8. The number of benzene rings is 2. The molecule has 0 radical (unpaired) electrons. The molecule has 0 aliphatic carbocycles. The molecule has 1 nitrogen and oxygen atoms in total. The smallest absolute Gasteiger partial charge is 0.196 e. The minimum Gasteiger partial charge on any atom is -0.288 e. The van der Waals surface area contributed by atoms with E-state index < -0.39 is 17.4 Å². The molecule has 0 bridgehead atoms. The van der Waals surface area contributed by atoms with Gasteiger partial charge in [-0.15, -0.1) is 0 Å². The number of carbonyl (C=O) groups is 1. The van der Waals surface area contributed by atoms with E-state index in [1.165, 1.54) is 13.0 Å². The van der Waals surface area contributed by atoms with Crippen LogP contribution in [0.1, 0.15) is 32.6 Å². The lowest BCUT2D eigenvalue weighted by Crippen LogP contribution is -2.08. The number of hydrogen-bond donors (Lipinski definition) is 0. The Hall–Kier alpha value is -1.74. The monoisotopic (exact) mass is 294 g/mol. The molecule has 2 aromatic rings. The number of ketones is 1. The first kappa shape index (κ1) is 14.7. The molecule has 4 heteroatoms. The highest BCUT2D eigenvalue weighted by atomic mass is 35.5. The second-order valence-corrected chi connectivity index (χ2v) is 5.23. The highest BCUT2D eigenvalue weighted by Gasteiger charge is 2.18. The molecular weight excluding hydrogens is 282 g/mol. The predicted octanol–water partition coefficient (Wildman–Crippen LogP) is 4.77. The zero-order valence-corrected chi connectivity index (χ0v) is 12.1. The van der Waals surface area contributed by atoms with Gasteiger partial charge in [0.15, 0.2) is 5.78 Å². The first-order chi connectivity index (χ1) is 9.31. The van der Waals surface area contributed by atoms with E-state index in [0.29, 0.717) is 16.1 Å². The van der Waals surface area contributed by atoms with Crippen molar-refractivity contribution < 1.29 is 13.6 Å². The van der Waals surface area contributed by atoms with Crippen molar-refractivity contribution in [2.75, 3.05) is 0 Å². The van der Waals surface area contributed by atoms with Crippen LogP contribution in [0.2, 0.25) is 5.02 Å². The van der Waals surface area contributed by atoms with E-state index in [0.717, 1.165) is 11.6 Å². The number of carbonyl (C=O) groups excluding carboxylic acids is 1. The molecule has 2 aromatic carbocycles. The third-order valence-electron chi connectivity index (χ3n) is 3.24. The molecule has 0 amide bonds. The fourth-order valence-electron chi connectivity index (χ4n) is 2.00. The normalized spacial score (nSPS) is 10.7. The average molecular weight is 295 g/mol. The molecule has 0 aliphatic heterocycles. The summed E-state index contributed by atoms with van der Waals surface area (Å²) in [6.07, 6.45) is 0. The third kappa shape index (κ3) is 2.59. The van der Waals surface area contributed by atoms with E-state index in [9.17, 15) is 13.6 Å². The Bertz CT molecular complexity index is 649. The van der Waals surface area contributed by atoms with Gasteiger partial charge in [0.2, 0.25) is 0 Å². The summed E-state index contributed by atoms with van der Waals surface area (Å²) >= 11 is 5.98. The van der Waals surface area contributed by atoms with Crippen LogP contribution in [0.25, 0.3) is 0 Å². The second kappa shape index (κ2) is 5.33. The van der Waals surface area contributed by atoms with Crippen molar-refractivity contribution in [1.29, 1.82) is 0 Å². The van der Waals surface area contributed by atoms with Crippen molar-refractivity contribution in [2.45, 2.75) is 20.8 Å². The van der Waals surface area contributed by atoms with Gasteiger partial charge in [-0.2, -0.15) is 0 Å². The summed E-state index contributed by atoms with van der Waals surface area (Å²) in [4.78, 5) is 12.4. The van der Waals surface area contributed by atoms with E-state index in [1.54, 1.807) is 26.0 Å². The van der Waals surface area contributed by atoms with Gasteiger partial charge in [0, 0.05) is 16.7 Å². The van der Waals surface area contributed by atoms with Crippen molar-refractivity contribution in [1.82, 2.24) is 0 Å². The van der Waals surface area contributed by atoms with E-state index >= 15 is 0 Å². The quantitative estimate of drug-likeness (QED) is 0.729. The summed E-state index contributed by atoms with van der Waals surface area (Å²) in [5, 5.41) is 0.551. The first-order valence-electron chi connectivity index (χ1n) is 6.08. The number of aryl methyl sites for hydroxylation is 3. The van der Waals surface area contributed by atoms with Crippen LogP contribution >= 0.6 is 11.6 Å². The van der Waals surface area contributed by atoms with Gasteiger partial charge in [-0.25, -0.2) is 8.78 Å². The van der Waals surface area contributed by atoms with Crippen molar-refractivity contribution in [3.63, 3.8) is 0 Å². The van der Waals surface area contributed by atoms with Crippen molar-refractivity contribution in [3.05, 3.63) is 68.7 Å². The molecule has 0 spiro atoms. The summed E-state index contributed by atoms with van der Waals surface area (Å²) in [7, 11) is 0. The summed E-state index contributed by atoms with van der Waals surface area (Å²) in [6.45, 7) is 4.99. The Kier molecular flexibility index (Phi) is 3.91. The maximum Gasteiger partial charge on any atom is 0.196 e. The van der Waals surface area contributed by atoms with E-state index in [-0.39, 0.29) is 11.1 Å². The zero-order chi connectivity index (χ0) is 15.0. The highest BCUT2D eigenvalue weighted by Crippen LogP contribution is 2.24. The Balaban J connectivity index is 2.57. The lowest BCUT2D eigenvalue weighted by molar-refractivity contribution is 0.103. The molecule has 0 fully saturated rings. The van der Waals surface area contributed by atoms with Gasteiger partial charge >= 0.3 is 0 Å². The summed E-state index contributed by atoms with van der Waals surface area (Å²) in [6, 6.07) is 5.26. The van der Waals surface area contributed by atoms with Crippen molar-refractivity contribution in [3.8, 4) is 0 Å². The van der Waals surface area contributed by atoms with Crippen LogP contribution in [0.3, 0.4) is 0 Å². The second-order valence-electron chi connectivity index (χ2n) is 4.83. The molecule has 20 heavy (non-hydrogen) atoms. The lowest BCUT2D eigenvalue weighted by atomic mass is 9.96. The molecular formula is C16H13ClF2O. The van der Waals surface area contributed by atoms with Gasteiger partial charge in [0.05, 0.1) is 5.56 Å². The molecule has 0 atom stereocenters. The maximum atomic E-state index is 13.8. The molecule has 0 heterocycles. The Morgan fingerprint density at radius 3 is 2.10 bits per heavy atom.